The minimum Gasteiger partial charge on any atom is -0.489 e. The van der Waals surface area contributed by atoms with E-state index >= 15 is 0 Å². The molecule has 0 saturated heterocycles. The summed E-state index contributed by atoms with van der Waals surface area (Å²) >= 11 is 0. The Hall–Kier alpha value is -4.17. The normalized spacial score (nSPS) is 11.2. The van der Waals surface area contributed by atoms with Crippen LogP contribution in [-0.2, 0) is 6.61 Å². The summed E-state index contributed by atoms with van der Waals surface area (Å²) in [7, 11) is 0. The van der Waals surface area contributed by atoms with Gasteiger partial charge in [-0.25, -0.2) is 4.98 Å². The molecule has 0 radical (unpaired) electrons. The van der Waals surface area contributed by atoms with Crippen molar-refractivity contribution in [2.45, 2.75) is 6.61 Å². The van der Waals surface area contributed by atoms with Crippen LogP contribution in [0.4, 0.5) is 0 Å². The lowest BCUT2D eigenvalue weighted by Gasteiger charge is -2.06. The van der Waals surface area contributed by atoms with Crippen molar-refractivity contribution in [2.24, 2.45) is 0 Å². The number of ether oxygens (including phenoxy) is 1. The fraction of sp³-hybridized carbons (Fsp3) is 0.0417. The van der Waals surface area contributed by atoms with Crippen molar-refractivity contribution in [3.8, 4) is 11.8 Å². The van der Waals surface area contributed by atoms with Crippen molar-refractivity contribution in [2.75, 3.05) is 0 Å². The van der Waals surface area contributed by atoms with Gasteiger partial charge in [0.15, 0.2) is 5.82 Å². The van der Waals surface area contributed by atoms with Crippen molar-refractivity contribution in [3.63, 3.8) is 0 Å². The molecule has 0 bridgehead atoms. The maximum absolute atomic E-state index is 12.3. The van der Waals surface area contributed by atoms with Crippen LogP contribution in [0.5, 0.6) is 5.75 Å². The quantitative estimate of drug-likeness (QED) is 0.515. The number of rotatable bonds is 5. The molecule has 0 spiro atoms. The van der Waals surface area contributed by atoms with Gasteiger partial charge in [0.25, 0.3) is 5.56 Å². The van der Waals surface area contributed by atoms with Crippen molar-refractivity contribution in [1.29, 1.82) is 5.26 Å². The molecule has 0 saturated carbocycles. The Morgan fingerprint density at radius 2 is 1.72 bits per heavy atom. The van der Waals surface area contributed by atoms with Crippen molar-refractivity contribution >= 4 is 22.6 Å². The van der Waals surface area contributed by atoms with Gasteiger partial charge in [0, 0.05) is 0 Å². The molecule has 0 aliphatic carbocycles. The van der Waals surface area contributed by atoms with Gasteiger partial charge >= 0.3 is 0 Å². The van der Waals surface area contributed by atoms with Crippen LogP contribution in [0.2, 0.25) is 0 Å². The highest BCUT2D eigenvalue weighted by molar-refractivity contribution is 5.89. The second-order valence-corrected chi connectivity index (χ2v) is 6.44. The zero-order valence-electron chi connectivity index (χ0n) is 15.5. The predicted molar refractivity (Wildman–Crippen MR) is 113 cm³/mol. The predicted octanol–water partition coefficient (Wildman–Crippen LogP) is 4.57. The lowest BCUT2D eigenvalue weighted by Crippen LogP contribution is -2.11. The van der Waals surface area contributed by atoms with Gasteiger partial charge < -0.3 is 9.72 Å². The van der Waals surface area contributed by atoms with Gasteiger partial charge in [-0.3, -0.25) is 4.79 Å². The summed E-state index contributed by atoms with van der Waals surface area (Å²) in [5, 5.41) is 10.1. The molecule has 1 aromatic heterocycles. The van der Waals surface area contributed by atoms with E-state index in [4.69, 9.17) is 4.74 Å². The van der Waals surface area contributed by atoms with Gasteiger partial charge in [-0.2, -0.15) is 5.26 Å². The Morgan fingerprint density at radius 1 is 1.00 bits per heavy atom. The maximum Gasteiger partial charge on any atom is 0.259 e. The van der Waals surface area contributed by atoms with Crippen LogP contribution >= 0.6 is 0 Å². The van der Waals surface area contributed by atoms with Gasteiger partial charge in [0.1, 0.15) is 18.4 Å². The highest BCUT2D eigenvalue weighted by atomic mass is 16.5. The zero-order valence-corrected chi connectivity index (χ0v) is 15.5. The van der Waals surface area contributed by atoms with Crippen LogP contribution in [0.3, 0.4) is 0 Å². The topological polar surface area (TPSA) is 78.8 Å². The Kier molecular flexibility index (Phi) is 5.17. The Bertz CT molecular complexity index is 1270. The largest absolute Gasteiger partial charge is 0.489 e. The molecule has 0 amide bonds. The van der Waals surface area contributed by atoms with E-state index in [0.717, 1.165) is 16.9 Å². The summed E-state index contributed by atoms with van der Waals surface area (Å²) in [6, 6.07) is 26.5. The van der Waals surface area contributed by atoms with E-state index in [9.17, 15) is 10.1 Å². The average Bonchev–Trinajstić information content (AvgIpc) is 2.77. The number of fused-ring (bicyclic) bond motifs is 1. The lowest BCUT2D eigenvalue weighted by molar-refractivity contribution is 0.306. The number of allylic oxidation sites excluding steroid dienone is 1. The number of para-hydroxylation sites is 1. The summed E-state index contributed by atoms with van der Waals surface area (Å²) in [5.41, 5.74) is 2.47. The van der Waals surface area contributed by atoms with Crippen molar-refractivity contribution < 1.29 is 4.74 Å². The van der Waals surface area contributed by atoms with E-state index in [0.29, 0.717) is 17.5 Å². The van der Waals surface area contributed by atoms with E-state index in [1.807, 2.05) is 60.7 Å². The summed E-state index contributed by atoms with van der Waals surface area (Å²) in [6.07, 6.45) is 1.69. The highest BCUT2D eigenvalue weighted by Crippen LogP contribution is 2.19. The molecule has 0 aliphatic rings. The average molecular weight is 379 g/mol. The minimum absolute atomic E-state index is 0.251. The molecule has 1 heterocycles. The number of hydrogen-bond donors (Lipinski definition) is 1. The third-order valence-corrected chi connectivity index (χ3v) is 4.43. The SMILES string of the molecule is N#CC(=Cc1ccc(OCc2ccccc2)cc1)c1nc2ccccc2c(=O)[nH]1. The molecule has 0 unspecified atom stereocenters. The number of nitrogens with zero attached hydrogens (tertiary/aromatic N) is 2. The van der Waals surface area contributed by atoms with Crippen LogP contribution in [0.15, 0.2) is 83.7 Å². The second kappa shape index (κ2) is 8.24. The van der Waals surface area contributed by atoms with Crippen LogP contribution in [0.25, 0.3) is 22.6 Å². The van der Waals surface area contributed by atoms with Crippen LogP contribution < -0.4 is 10.3 Å². The first-order chi connectivity index (χ1) is 14.2. The first-order valence-electron chi connectivity index (χ1n) is 9.11. The fourth-order valence-corrected chi connectivity index (χ4v) is 2.94. The lowest BCUT2D eigenvalue weighted by atomic mass is 10.1. The smallest absolute Gasteiger partial charge is 0.259 e. The molecule has 4 aromatic rings. The number of aromatic nitrogens is 2. The molecule has 140 valence electrons. The molecular weight excluding hydrogens is 362 g/mol. The molecule has 4 rings (SSSR count). The maximum atomic E-state index is 12.3. The number of nitrogens with one attached hydrogen (secondary N) is 1. The molecule has 5 heteroatoms. The monoisotopic (exact) mass is 379 g/mol. The number of H-pyrrole nitrogens is 1. The summed E-state index contributed by atoms with van der Waals surface area (Å²) in [5.74, 6) is 0.988. The molecule has 0 fully saturated rings. The molecule has 3 aromatic carbocycles. The van der Waals surface area contributed by atoms with E-state index in [1.54, 1.807) is 24.3 Å². The molecular formula is C24H17N3O2. The van der Waals surface area contributed by atoms with Crippen molar-refractivity contribution in [1.82, 2.24) is 9.97 Å². The zero-order chi connectivity index (χ0) is 20.1. The van der Waals surface area contributed by atoms with Crippen molar-refractivity contribution in [3.05, 3.63) is 106 Å². The minimum atomic E-state index is -0.267. The molecule has 0 aliphatic heterocycles. The van der Waals surface area contributed by atoms with Gasteiger partial charge in [-0.15, -0.1) is 0 Å². The number of benzene rings is 3. The summed E-state index contributed by atoms with van der Waals surface area (Å²) in [6.45, 7) is 0.488. The molecule has 5 nitrogen and oxygen atoms in total. The number of nitriles is 1. The molecule has 1 N–H and O–H groups in total. The summed E-state index contributed by atoms with van der Waals surface area (Å²) in [4.78, 5) is 19.4. The van der Waals surface area contributed by atoms with E-state index in [1.165, 1.54) is 0 Å². The second-order valence-electron chi connectivity index (χ2n) is 6.44. The highest BCUT2D eigenvalue weighted by Gasteiger charge is 2.08. The van der Waals surface area contributed by atoms with E-state index in [-0.39, 0.29) is 17.0 Å². The van der Waals surface area contributed by atoms with E-state index in [2.05, 4.69) is 16.0 Å². The Morgan fingerprint density at radius 3 is 2.48 bits per heavy atom. The summed E-state index contributed by atoms with van der Waals surface area (Å²) < 4.78 is 5.78. The first-order valence-corrected chi connectivity index (χ1v) is 9.11. The van der Waals surface area contributed by atoms with Crippen LogP contribution in [0.1, 0.15) is 17.0 Å². The Labute approximate surface area is 167 Å². The van der Waals surface area contributed by atoms with Crippen LogP contribution in [0, 0.1) is 11.3 Å². The van der Waals surface area contributed by atoms with Gasteiger partial charge in [0.2, 0.25) is 0 Å². The standard InChI is InChI=1S/C24H17N3O2/c25-15-19(23-26-22-9-5-4-8-21(22)24(28)27-23)14-17-10-12-20(13-11-17)29-16-18-6-2-1-3-7-18/h1-14H,16H2,(H,26,27,28). The van der Waals surface area contributed by atoms with Gasteiger partial charge in [-0.1, -0.05) is 54.6 Å². The van der Waals surface area contributed by atoms with Crippen LogP contribution in [-0.4, -0.2) is 9.97 Å². The molecule has 29 heavy (non-hydrogen) atoms. The number of hydrogen-bond acceptors (Lipinski definition) is 4. The Balaban J connectivity index is 1.56. The third-order valence-electron chi connectivity index (χ3n) is 4.43. The third kappa shape index (κ3) is 4.23. The van der Waals surface area contributed by atoms with Gasteiger partial charge in [0.05, 0.1) is 16.5 Å². The molecule has 0 atom stereocenters. The number of aromatic amines is 1. The van der Waals surface area contributed by atoms with E-state index < -0.39 is 0 Å². The first kappa shape index (κ1) is 18.2. The van der Waals surface area contributed by atoms with Gasteiger partial charge in [-0.05, 0) is 41.5 Å². The fourth-order valence-electron chi connectivity index (χ4n) is 2.94.